The first-order chi connectivity index (χ1) is 16.2. The van der Waals surface area contributed by atoms with Gasteiger partial charge in [-0.15, -0.1) is 0 Å². The van der Waals surface area contributed by atoms with E-state index in [0.29, 0.717) is 0 Å². The quantitative estimate of drug-likeness (QED) is 0.252. The lowest BCUT2D eigenvalue weighted by Gasteiger charge is -2.29. The van der Waals surface area contributed by atoms with Crippen molar-refractivity contribution in [2.45, 2.75) is 77.0 Å². The molecule has 0 aliphatic heterocycles. The largest absolute Gasteiger partial charge is 0.497 e. The lowest BCUT2D eigenvalue weighted by atomic mass is 9.77. The first-order valence-corrected chi connectivity index (χ1v) is 12.9. The molecule has 0 heterocycles. The predicted octanol–water partition coefficient (Wildman–Crippen LogP) is 8.88. The van der Waals surface area contributed by atoms with E-state index >= 15 is 0 Å². The first-order valence-electron chi connectivity index (χ1n) is 12.9. The van der Waals surface area contributed by atoms with Gasteiger partial charge in [-0.3, -0.25) is 0 Å². The van der Waals surface area contributed by atoms with Crippen LogP contribution in [0.25, 0.3) is 10.8 Å². The zero-order valence-corrected chi connectivity index (χ0v) is 20.4. The molecular formula is C32H38O. The standard InChI is InChI=1S/C32H38O/c1-3-4-5-6-7-8-25-11-16-28(17-12-25)29-18-13-26(14-19-29)9-10-27-15-20-31-24-32(33-2)22-21-30(31)23-27/h13-15,18-25,28H,3-8,11-12,16-17H2,1-2H3. The third-order valence-electron chi connectivity index (χ3n) is 7.34. The van der Waals surface area contributed by atoms with Crippen molar-refractivity contribution in [2.24, 2.45) is 5.92 Å². The van der Waals surface area contributed by atoms with Gasteiger partial charge in [0.25, 0.3) is 0 Å². The van der Waals surface area contributed by atoms with Gasteiger partial charge in [-0.2, -0.15) is 0 Å². The van der Waals surface area contributed by atoms with E-state index in [1.165, 1.54) is 80.5 Å². The van der Waals surface area contributed by atoms with Gasteiger partial charge in [0.15, 0.2) is 0 Å². The Kier molecular flexibility index (Phi) is 8.48. The van der Waals surface area contributed by atoms with Crippen LogP contribution < -0.4 is 4.74 Å². The molecule has 1 nitrogen and oxygen atoms in total. The van der Waals surface area contributed by atoms with Crippen LogP contribution in [0.5, 0.6) is 5.75 Å². The summed E-state index contributed by atoms with van der Waals surface area (Å²) in [5, 5.41) is 2.37. The molecule has 3 aromatic rings. The highest BCUT2D eigenvalue weighted by Gasteiger charge is 2.21. The van der Waals surface area contributed by atoms with Gasteiger partial charge in [-0.25, -0.2) is 0 Å². The highest BCUT2D eigenvalue weighted by Crippen LogP contribution is 2.37. The fourth-order valence-corrected chi connectivity index (χ4v) is 5.23. The molecule has 3 aromatic carbocycles. The van der Waals surface area contributed by atoms with Crippen LogP contribution in [0.15, 0.2) is 60.7 Å². The topological polar surface area (TPSA) is 9.23 Å². The maximum Gasteiger partial charge on any atom is 0.119 e. The van der Waals surface area contributed by atoms with Crippen molar-refractivity contribution in [2.75, 3.05) is 7.11 Å². The summed E-state index contributed by atoms with van der Waals surface area (Å²) in [6, 6.07) is 21.5. The number of methoxy groups -OCH3 is 1. The van der Waals surface area contributed by atoms with Gasteiger partial charge in [0.05, 0.1) is 7.11 Å². The van der Waals surface area contributed by atoms with E-state index in [1.807, 2.05) is 6.07 Å². The molecule has 0 N–H and O–H groups in total. The second-order valence-corrected chi connectivity index (χ2v) is 9.72. The summed E-state index contributed by atoms with van der Waals surface area (Å²) in [6.45, 7) is 2.29. The average molecular weight is 439 g/mol. The normalized spacial score (nSPS) is 18.0. The third-order valence-corrected chi connectivity index (χ3v) is 7.34. The van der Waals surface area contributed by atoms with E-state index in [9.17, 15) is 0 Å². The molecule has 0 amide bonds. The Morgan fingerprint density at radius 3 is 2.15 bits per heavy atom. The average Bonchev–Trinajstić information content (AvgIpc) is 2.87. The van der Waals surface area contributed by atoms with Crippen molar-refractivity contribution in [1.29, 1.82) is 0 Å². The molecule has 33 heavy (non-hydrogen) atoms. The van der Waals surface area contributed by atoms with Crippen molar-refractivity contribution < 1.29 is 4.74 Å². The molecule has 172 valence electrons. The number of unbranched alkanes of at least 4 members (excludes halogenated alkanes) is 4. The Labute approximate surface area is 200 Å². The number of hydrogen-bond donors (Lipinski definition) is 0. The Hall–Kier alpha value is -2.72. The molecule has 1 saturated carbocycles. The zero-order chi connectivity index (χ0) is 22.9. The fraction of sp³-hybridized carbons (Fsp3) is 0.438. The highest BCUT2D eigenvalue weighted by molar-refractivity contribution is 5.85. The zero-order valence-electron chi connectivity index (χ0n) is 20.4. The summed E-state index contributed by atoms with van der Waals surface area (Å²) in [5.41, 5.74) is 3.64. The van der Waals surface area contributed by atoms with Crippen LogP contribution in [0, 0.1) is 17.8 Å². The summed E-state index contributed by atoms with van der Waals surface area (Å²) >= 11 is 0. The lowest BCUT2D eigenvalue weighted by Crippen LogP contribution is -2.13. The minimum atomic E-state index is 0.737. The van der Waals surface area contributed by atoms with Crippen LogP contribution in [0.3, 0.4) is 0 Å². The van der Waals surface area contributed by atoms with Crippen molar-refractivity contribution in [1.82, 2.24) is 0 Å². The Balaban J connectivity index is 1.30. The van der Waals surface area contributed by atoms with Crippen LogP contribution in [0.1, 0.15) is 93.7 Å². The van der Waals surface area contributed by atoms with E-state index in [4.69, 9.17) is 4.74 Å². The van der Waals surface area contributed by atoms with Gasteiger partial charge in [0, 0.05) is 11.1 Å². The van der Waals surface area contributed by atoms with E-state index in [-0.39, 0.29) is 0 Å². The van der Waals surface area contributed by atoms with E-state index in [1.54, 1.807) is 7.11 Å². The molecule has 1 fully saturated rings. The molecule has 0 bridgehead atoms. The highest BCUT2D eigenvalue weighted by atomic mass is 16.5. The number of rotatable bonds is 8. The lowest BCUT2D eigenvalue weighted by molar-refractivity contribution is 0.302. The van der Waals surface area contributed by atoms with E-state index < -0.39 is 0 Å². The van der Waals surface area contributed by atoms with Crippen LogP contribution in [-0.4, -0.2) is 7.11 Å². The molecule has 1 aliphatic rings. The van der Waals surface area contributed by atoms with Crippen LogP contribution in [0.4, 0.5) is 0 Å². The monoisotopic (exact) mass is 438 g/mol. The van der Waals surface area contributed by atoms with Crippen molar-refractivity contribution >= 4 is 10.8 Å². The number of hydrogen-bond acceptors (Lipinski definition) is 1. The molecule has 0 aromatic heterocycles. The number of ether oxygens (including phenoxy) is 1. The fourth-order valence-electron chi connectivity index (χ4n) is 5.23. The molecule has 0 unspecified atom stereocenters. The molecule has 0 radical (unpaired) electrons. The summed E-state index contributed by atoms with van der Waals surface area (Å²) in [5.74, 6) is 9.28. The van der Waals surface area contributed by atoms with Crippen LogP contribution in [0.2, 0.25) is 0 Å². The summed E-state index contributed by atoms with van der Waals surface area (Å²) in [4.78, 5) is 0. The maximum atomic E-state index is 5.32. The minimum absolute atomic E-state index is 0.737. The van der Waals surface area contributed by atoms with Crippen molar-refractivity contribution in [3.63, 3.8) is 0 Å². The molecule has 4 rings (SSSR count). The van der Waals surface area contributed by atoms with Gasteiger partial charge in [0.2, 0.25) is 0 Å². The smallest absolute Gasteiger partial charge is 0.119 e. The van der Waals surface area contributed by atoms with Crippen molar-refractivity contribution in [3.05, 3.63) is 77.4 Å². The van der Waals surface area contributed by atoms with Gasteiger partial charge in [0.1, 0.15) is 5.75 Å². The van der Waals surface area contributed by atoms with Gasteiger partial charge in [-0.05, 0) is 90.3 Å². The minimum Gasteiger partial charge on any atom is -0.497 e. The Bertz CT molecular complexity index is 1070. The molecule has 1 heteroatoms. The second kappa shape index (κ2) is 11.9. The van der Waals surface area contributed by atoms with Gasteiger partial charge < -0.3 is 4.74 Å². The number of benzene rings is 3. The van der Waals surface area contributed by atoms with Crippen LogP contribution in [-0.2, 0) is 0 Å². The second-order valence-electron chi connectivity index (χ2n) is 9.72. The summed E-state index contributed by atoms with van der Waals surface area (Å²) < 4.78 is 5.32. The third kappa shape index (κ3) is 6.64. The maximum absolute atomic E-state index is 5.32. The van der Waals surface area contributed by atoms with Gasteiger partial charge in [-0.1, -0.05) is 81.6 Å². The summed E-state index contributed by atoms with van der Waals surface area (Å²) in [6.07, 6.45) is 14.0. The predicted molar refractivity (Wildman–Crippen MR) is 141 cm³/mol. The van der Waals surface area contributed by atoms with Crippen LogP contribution >= 0.6 is 0 Å². The summed E-state index contributed by atoms with van der Waals surface area (Å²) in [7, 11) is 1.70. The molecule has 0 spiro atoms. The Morgan fingerprint density at radius 1 is 0.727 bits per heavy atom. The number of fused-ring (bicyclic) bond motifs is 1. The molecule has 0 atom stereocenters. The molecule has 0 saturated heterocycles. The van der Waals surface area contributed by atoms with E-state index in [0.717, 1.165) is 28.7 Å². The molecule has 1 aliphatic carbocycles. The first kappa shape index (κ1) is 23.4. The Morgan fingerprint density at radius 2 is 1.39 bits per heavy atom. The molecular weight excluding hydrogens is 400 g/mol. The van der Waals surface area contributed by atoms with Gasteiger partial charge >= 0.3 is 0 Å². The SMILES string of the molecule is CCCCCCCC1CCC(c2ccc(C#Cc3ccc4cc(OC)ccc4c3)cc2)CC1. The van der Waals surface area contributed by atoms with E-state index in [2.05, 4.69) is 73.4 Å². The van der Waals surface area contributed by atoms with Crippen molar-refractivity contribution in [3.8, 4) is 17.6 Å².